The lowest BCUT2D eigenvalue weighted by molar-refractivity contribution is -0.125. The lowest BCUT2D eigenvalue weighted by Crippen LogP contribution is -2.52. The van der Waals surface area contributed by atoms with E-state index < -0.39 is 29.7 Å². The number of hydrogen-bond acceptors (Lipinski definition) is 4. The van der Waals surface area contributed by atoms with Crippen LogP contribution in [0.5, 0.6) is 0 Å². The molecule has 0 aliphatic heterocycles. The van der Waals surface area contributed by atoms with Gasteiger partial charge in [-0.1, -0.05) is 0 Å². The van der Waals surface area contributed by atoms with E-state index >= 15 is 0 Å². The van der Waals surface area contributed by atoms with Crippen molar-refractivity contribution in [2.24, 2.45) is 0 Å². The molecule has 0 radical (unpaired) electrons. The van der Waals surface area contributed by atoms with Gasteiger partial charge in [0.1, 0.15) is 11.6 Å². The Morgan fingerprint density at radius 1 is 1.31 bits per heavy atom. The second-order valence-corrected chi connectivity index (χ2v) is 4.48. The molecule has 0 unspecified atom stereocenters. The fraction of sp³-hybridized carbons (Fsp3) is 0.800. The number of likely N-dealkylation sites (N-methyl/N-ethyl adjacent to an activating group) is 1. The number of amides is 2. The molecule has 16 heavy (non-hydrogen) atoms. The summed E-state index contributed by atoms with van der Waals surface area (Å²) in [6.45, 7) is 6.55. The van der Waals surface area contributed by atoms with Crippen LogP contribution in [0.1, 0.15) is 27.7 Å². The van der Waals surface area contributed by atoms with E-state index in [0.29, 0.717) is 0 Å². The Balaban J connectivity index is 4.42. The summed E-state index contributed by atoms with van der Waals surface area (Å²) >= 11 is 0. The van der Waals surface area contributed by atoms with Crippen LogP contribution in [0.2, 0.25) is 0 Å². The fourth-order valence-electron chi connectivity index (χ4n) is 0.995. The average Bonchev–Trinajstić information content (AvgIpc) is 2.09. The Hall–Kier alpha value is -1.30. The van der Waals surface area contributed by atoms with Gasteiger partial charge in [-0.15, -0.1) is 0 Å². The van der Waals surface area contributed by atoms with E-state index in [9.17, 15) is 14.7 Å². The average molecular weight is 232 g/mol. The SMILES string of the molecule is CNC(=O)[C@H](NC(=O)OC(C)(C)C)[C@@H](C)O. The number of carbonyl (C=O) groups is 2. The third-order valence-corrected chi connectivity index (χ3v) is 1.68. The van der Waals surface area contributed by atoms with Crippen LogP contribution in [-0.2, 0) is 9.53 Å². The fourth-order valence-corrected chi connectivity index (χ4v) is 0.995. The second kappa shape index (κ2) is 5.69. The molecule has 0 spiro atoms. The normalized spacial score (nSPS) is 14.9. The highest BCUT2D eigenvalue weighted by atomic mass is 16.6. The quantitative estimate of drug-likeness (QED) is 0.639. The summed E-state index contributed by atoms with van der Waals surface area (Å²) in [5, 5.41) is 14.0. The van der Waals surface area contributed by atoms with E-state index in [1.807, 2.05) is 0 Å². The molecule has 2 atom stereocenters. The molecule has 0 aliphatic rings. The van der Waals surface area contributed by atoms with Gasteiger partial charge in [0.05, 0.1) is 6.10 Å². The Morgan fingerprint density at radius 2 is 1.81 bits per heavy atom. The number of carbonyl (C=O) groups excluding carboxylic acids is 2. The summed E-state index contributed by atoms with van der Waals surface area (Å²) in [7, 11) is 1.43. The van der Waals surface area contributed by atoms with Crippen LogP contribution >= 0.6 is 0 Å². The molecule has 0 aromatic heterocycles. The van der Waals surface area contributed by atoms with Crippen LogP contribution in [0, 0.1) is 0 Å². The van der Waals surface area contributed by atoms with Crippen LogP contribution in [-0.4, -0.2) is 41.9 Å². The Labute approximate surface area is 95.4 Å². The molecule has 2 amide bonds. The largest absolute Gasteiger partial charge is 0.444 e. The number of nitrogens with one attached hydrogen (secondary N) is 2. The third kappa shape index (κ3) is 5.55. The number of hydrogen-bond donors (Lipinski definition) is 3. The topological polar surface area (TPSA) is 87.7 Å². The zero-order valence-electron chi connectivity index (χ0n) is 10.3. The molecule has 3 N–H and O–H groups in total. The van der Waals surface area contributed by atoms with Crippen LogP contribution in [0.4, 0.5) is 4.79 Å². The van der Waals surface area contributed by atoms with Gasteiger partial charge >= 0.3 is 6.09 Å². The second-order valence-electron chi connectivity index (χ2n) is 4.48. The van der Waals surface area contributed by atoms with Gasteiger partial charge in [0.15, 0.2) is 0 Å². The van der Waals surface area contributed by atoms with Gasteiger partial charge in [-0.05, 0) is 27.7 Å². The van der Waals surface area contributed by atoms with Crippen molar-refractivity contribution in [3.63, 3.8) is 0 Å². The highest BCUT2D eigenvalue weighted by molar-refractivity contribution is 5.86. The van der Waals surface area contributed by atoms with Gasteiger partial charge in [0, 0.05) is 7.05 Å². The molecule has 0 aliphatic carbocycles. The van der Waals surface area contributed by atoms with Gasteiger partial charge in [0.25, 0.3) is 0 Å². The highest BCUT2D eigenvalue weighted by Crippen LogP contribution is 2.07. The highest BCUT2D eigenvalue weighted by Gasteiger charge is 2.27. The van der Waals surface area contributed by atoms with Gasteiger partial charge in [-0.2, -0.15) is 0 Å². The number of aliphatic hydroxyl groups excluding tert-OH is 1. The summed E-state index contributed by atoms with van der Waals surface area (Å²) < 4.78 is 4.97. The first kappa shape index (κ1) is 14.7. The first-order valence-corrected chi connectivity index (χ1v) is 5.06. The van der Waals surface area contributed by atoms with Crippen molar-refractivity contribution in [3.8, 4) is 0 Å². The predicted molar refractivity (Wildman–Crippen MR) is 58.9 cm³/mol. The Kier molecular flexibility index (Phi) is 5.23. The van der Waals surface area contributed by atoms with Crippen LogP contribution < -0.4 is 10.6 Å². The van der Waals surface area contributed by atoms with Gasteiger partial charge < -0.3 is 20.5 Å². The molecule has 0 bridgehead atoms. The minimum Gasteiger partial charge on any atom is -0.444 e. The number of rotatable bonds is 3. The standard InChI is InChI=1S/C10H20N2O4/c1-6(13)7(8(14)11-5)12-9(15)16-10(2,3)4/h6-7,13H,1-5H3,(H,11,14)(H,12,15)/t6-,7-/m1/s1. The zero-order chi connectivity index (χ0) is 12.9. The molecule has 0 saturated heterocycles. The zero-order valence-corrected chi connectivity index (χ0v) is 10.3. The lowest BCUT2D eigenvalue weighted by atomic mass is 10.1. The molecular weight excluding hydrogens is 212 g/mol. The van der Waals surface area contributed by atoms with E-state index in [-0.39, 0.29) is 0 Å². The minimum absolute atomic E-state index is 0.471. The third-order valence-electron chi connectivity index (χ3n) is 1.68. The van der Waals surface area contributed by atoms with E-state index in [4.69, 9.17) is 4.74 Å². The molecular formula is C10H20N2O4. The van der Waals surface area contributed by atoms with Crippen LogP contribution in [0.15, 0.2) is 0 Å². The molecule has 0 aromatic rings. The summed E-state index contributed by atoms with van der Waals surface area (Å²) in [4.78, 5) is 22.7. The Bertz CT molecular complexity index is 258. The maximum absolute atomic E-state index is 11.4. The van der Waals surface area contributed by atoms with Crippen molar-refractivity contribution < 1.29 is 19.4 Å². The van der Waals surface area contributed by atoms with Crippen LogP contribution in [0.25, 0.3) is 0 Å². The van der Waals surface area contributed by atoms with Crippen LogP contribution in [0.3, 0.4) is 0 Å². The monoisotopic (exact) mass is 232 g/mol. The first-order chi connectivity index (χ1) is 7.17. The van der Waals surface area contributed by atoms with E-state index in [0.717, 1.165) is 0 Å². The molecule has 6 heteroatoms. The van der Waals surface area contributed by atoms with Gasteiger partial charge in [-0.3, -0.25) is 4.79 Å². The number of ether oxygens (including phenoxy) is 1. The molecule has 0 saturated carbocycles. The van der Waals surface area contributed by atoms with Crippen molar-refractivity contribution in [2.45, 2.75) is 45.4 Å². The summed E-state index contributed by atoms with van der Waals surface area (Å²) in [5.41, 5.74) is -0.643. The molecule has 6 nitrogen and oxygen atoms in total. The smallest absolute Gasteiger partial charge is 0.408 e. The van der Waals surface area contributed by atoms with Gasteiger partial charge in [-0.25, -0.2) is 4.79 Å². The summed E-state index contributed by atoms with van der Waals surface area (Å²) in [6, 6.07) is -1.01. The van der Waals surface area contributed by atoms with Gasteiger partial charge in [0.2, 0.25) is 5.91 Å². The van der Waals surface area contributed by atoms with Crippen molar-refractivity contribution in [1.29, 1.82) is 0 Å². The predicted octanol–water partition coefficient (Wildman–Crippen LogP) is 0.00650. The maximum Gasteiger partial charge on any atom is 0.408 e. The maximum atomic E-state index is 11.4. The summed E-state index contributed by atoms with van der Waals surface area (Å²) in [6.07, 6.45) is -1.73. The van der Waals surface area contributed by atoms with E-state index in [2.05, 4.69) is 10.6 Å². The van der Waals surface area contributed by atoms with Crippen molar-refractivity contribution in [1.82, 2.24) is 10.6 Å². The molecule has 0 rings (SSSR count). The summed E-state index contributed by atoms with van der Waals surface area (Å²) in [5.74, 6) is -0.471. The van der Waals surface area contributed by atoms with Crippen molar-refractivity contribution in [2.75, 3.05) is 7.05 Å². The first-order valence-electron chi connectivity index (χ1n) is 5.06. The molecule has 94 valence electrons. The Morgan fingerprint density at radius 3 is 2.12 bits per heavy atom. The molecule has 0 heterocycles. The number of aliphatic hydroxyl groups is 1. The number of alkyl carbamates (subject to hydrolysis) is 1. The molecule has 0 aromatic carbocycles. The van der Waals surface area contributed by atoms with E-state index in [1.54, 1.807) is 20.8 Å². The lowest BCUT2D eigenvalue weighted by Gasteiger charge is -2.24. The molecule has 0 fully saturated rings. The van der Waals surface area contributed by atoms with Crippen molar-refractivity contribution in [3.05, 3.63) is 0 Å². The van der Waals surface area contributed by atoms with Crippen molar-refractivity contribution >= 4 is 12.0 Å². The minimum atomic E-state index is -1.01. The van der Waals surface area contributed by atoms with E-state index in [1.165, 1.54) is 14.0 Å².